The summed E-state index contributed by atoms with van der Waals surface area (Å²) in [7, 11) is 0. The Morgan fingerprint density at radius 3 is 2.50 bits per heavy atom. The van der Waals surface area contributed by atoms with Crippen molar-refractivity contribution in [1.82, 2.24) is 4.98 Å². The maximum Gasteiger partial charge on any atom is 0.0727 e. The zero-order valence-corrected chi connectivity index (χ0v) is 16.0. The highest BCUT2D eigenvalue weighted by Gasteiger charge is 2.11. The minimum Gasteiger partial charge on any atom is -1.00 e. The van der Waals surface area contributed by atoms with Gasteiger partial charge in [-0.1, -0.05) is 11.6 Å². The Balaban J connectivity index is 0.00000196. The molecule has 1 aliphatic heterocycles. The van der Waals surface area contributed by atoms with E-state index < -0.39 is 0 Å². The highest BCUT2D eigenvalue weighted by atomic mass is 35.5. The van der Waals surface area contributed by atoms with Gasteiger partial charge in [0.2, 0.25) is 0 Å². The van der Waals surface area contributed by atoms with E-state index in [-0.39, 0.29) is 12.4 Å². The molecule has 1 N–H and O–H groups in total. The summed E-state index contributed by atoms with van der Waals surface area (Å²) in [5.74, 6) is 0. The van der Waals surface area contributed by atoms with Crippen LogP contribution in [0.1, 0.15) is 5.69 Å². The van der Waals surface area contributed by atoms with Crippen molar-refractivity contribution in [2.24, 2.45) is 0 Å². The van der Waals surface area contributed by atoms with Gasteiger partial charge >= 0.3 is 0 Å². The molecule has 4 nitrogen and oxygen atoms in total. The van der Waals surface area contributed by atoms with Gasteiger partial charge in [-0.3, -0.25) is 4.98 Å². The van der Waals surface area contributed by atoms with Crippen LogP contribution in [0.2, 0.25) is 5.02 Å². The van der Waals surface area contributed by atoms with E-state index in [2.05, 4.69) is 45.5 Å². The van der Waals surface area contributed by atoms with Gasteiger partial charge < -0.3 is 27.4 Å². The Morgan fingerprint density at radius 2 is 1.77 bits per heavy atom. The number of anilines is 3. The van der Waals surface area contributed by atoms with Crippen LogP contribution in [0, 0.1) is 6.92 Å². The van der Waals surface area contributed by atoms with Gasteiger partial charge in [0.15, 0.2) is 0 Å². The fourth-order valence-electron chi connectivity index (χ4n) is 3.17. The molecule has 1 aromatic heterocycles. The molecule has 0 unspecified atom stereocenters. The highest BCUT2D eigenvalue weighted by Crippen LogP contribution is 2.29. The molecule has 0 atom stereocenters. The Hall–Kier alpha value is -2.01. The van der Waals surface area contributed by atoms with Crippen LogP contribution in [-0.2, 0) is 4.74 Å². The number of halogens is 2. The average molecular weight is 389 g/mol. The van der Waals surface area contributed by atoms with Crippen LogP contribution in [-0.4, -0.2) is 31.3 Å². The third kappa shape index (κ3) is 4.04. The van der Waals surface area contributed by atoms with Gasteiger partial charge in [-0.05, 0) is 55.5 Å². The van der Waals surface area contributed by atoms with Crippen molar-refractivity contribution in [1.29, 1.82) is 0 Å². The van der Waals surface area contributed by atoms with Gasteiger partial charge in [0, 0.05) is 46.3 Å². The van der Waals surface area contributed by atoms with Crippen LogP contribution >= 0.6 is 11.6 Å². The fourth-order valence-corrected chi connectivity index (χ4v) is 3.34. The van der Waals surface area contributed by atoms with Crippen molar-refractivity contribution >= 4 is 39.6 Å². The molecule has 0 amide bonds. The molecule has 0 bridgehead atoms. The number of nitrogens with zero attached hydrogens (tertiary/aromatic N) is 2. The Kier molecular flexibility index (Phi) is 5.87. The van der Waals surface area contributed by atoms with Crippen molar-refractivity contribution in [3.05, 3.63) is 59.2 Å². The number of aromatic nitrogens is 1. The summed E-state index contributed by atoms with van der Waals surface area (Å²) >= 11 is 6.17. The maximum atomic E-state index is 6.17. The SMILES string of the molecule is Cc1cc(Nc2ccc(N3CCOCC3)cc2)c2cc(Cl)ccc2n1.[Cl-]. The van der Waals surface area contributed by atoms with Crippen LogP contribution in [0.3, 0.4) is 0 Å². The van der Waals surface area contributed by atoms with Crippen LogP contribution in [0.15, 0.2) is 48.5 Å². The summed E-state index contributed by atoms with van der Waals surface area (Å²) in [4.78, 5) is 6.92. The zero-order valence-electron chi connectivity index (χ0n) is 14.5. The fraction of sp³-hybridized carbons (Fsp3) is 0.250. The van der Waals surface area contributed by atoms with E-state index in [4.69, 9.17) is 16.3 Å². The molecule has 0 saturated carbocycles. The van der Waals surface area contributed by atoms with Crippen molar-refractivity contribution < 1.29 is 17.1 Å². The monoisotopic (exact) mass is 388 g/mol. The molecule has 1 fully saturated rings. The van der Waals surface area contributed by atoms with Crippen molar-refractivity contribution in [3.8, 4) is 0 Å². The minimum atomic E-state index is 0. The van der Waals surface area contributed by atoms with E-state index in [9.17, 15) is 0 Å². The molecule has 136 valence electrons. The second kappa shape index (κ2) is 8.12. The maximum absolute atomic E-state index is 6.17. The van der Waals surface area contributed by atoms with Gasteiger partial charge in [0.05, 0.1) is 18.7 Å². The van der Waals surface area contributed by atoms with E-state index in [1.807, 2.05) is 25.1 Å². The number of nitrogens with one attached hydrogen (secondary N) is 1. The van der Waals surface area contributed by atoms with Crippen molar-refractivity contribution in [2.75, 3.05) is 36.5 Å². The largest absolute Gasteiger partial charge is 1.00 e. The Labute approximate surface area is 164 Å². The third-order valence-electron chi connectivity index (χ3n) is 4.42. The van der Waals surface area contributed by atoms with Gasteiger partial charge in [0.1, 0.15) is 0 Å². The molecule has 0 radical (unpaired) electrons. The highest BCUT2D eigenvalue weighted by molar-refractivity contribution is 6.31. The molecule has 6 heteroatoms. The van der Waals surface area contributed by atoms with E-state index in [1.165, 1.54) is 5.69 Å². The summed E-state index contributed by atoms with van der Waals surface area (Å²) in [5.41, 5.74) is 5.21. The predicted molar refractivity (Wildman–Crippen MR) is 104 cm³/mol. The number of pyridine rings is 1. The lowest BCUT2D eigenvalue weighted by atomic mass is 10.1. The molecule has 1 aliphatic rings. The first-order valence-corrected chi connectivity index (χ1v) is 8.83. The van der Waals surface area contributed by atoms with E-state index >= 15 is 0 Å². The van der Waals surface area contributed by atoms with Gasteiger partial charge in [-0.2, -0.15) is 0 Å². The number of ether oxygens (including phenoxy) is 1. The molecular weight excluding hydrogens is 369 g/mol. The number of rotatable bonds is 3. The first-order valence-electron chi connectivity index (χ1n) is 8.46. The quantitative estimate of drug-likeness (QED) is 0.741. The van der Waals surface area contributed by atoms with Crippen LogP contribution in [0.5, 0.6) is 0 Å². The summed E-state index contributed by atoms with van der Waals surface area (Å²) < 4.78 is 5.41. The summed E-state index contributed by atoms with van der Waals surface area (Å²) in [6.45, 7) is 5.48. The Morgan fingerprint density at radius 1 is 1.04 bits per heavy atom. The van der Waals surface area contributed by atoms with E-state index in [0.717, 1.165) is 54.3 Å². The zero-order chi connectivity index (χ0) is 17.2. The van der Waals surface area contributed by atoms with E-state index in [1.54, 1.807) is 0 Å². The second-order valence-electron chi connectivity index (χ2n) is 6.24. The lowest BCUT2D eigenvalue weighted by Gasteiger charge is -2.29. The summed E-state index contributed by atoms with van der Waals surface area (Å²) in [6.07, 6.45) is 0. The number of fused-ring (bicyclic) bond motifs is 1. The first-order chi connectivity index (χ1) is 12.2. The van der Waals surface area contributed by atoms with E-state index in [0.29, 0.717) is 5.02 Å². The molecule has 0 aliphatic carbocycles. The average Bonchev–Trinajstić information content (AvgIpc) is 2.64. The lowest BCUT2D eigenvalue weighted by Crippen LogP contribution is -3.00. The molecule has 26 heavy (non-hydrogen) atoms. The normalized spacial score (nSPS) is 14.2. The van der Waals surface area contributed by atoms with Gasteiger partial charge in [-0.25, -0.2) is 0 Å². The number of morpholine rings is 1. The molecule has 1 saturated heterocycles. The van der Waals surface area contributed by atoms with Crippen molar-refractivity contribution in [2.45, 2.75) is 6.92 Å². The van der Waals surface area contributed by atoms with Crippen LogP contribution < -0.4 is 22.6 Å². The summed E-state index contributed by atoms with van der Waals surface area (Å²) in [6, 6.07) is 16.3. The van der Waals surface area contributed by atoms with Gasteiger partial charge in [0.25, 0.3) is 0 Å². The number of hydrogen-bond acceptors (Lipinski definition) is 4. The topological polar surface area (TPSA) is 37.4 Å². The Bertz CT molecular complexity index is 893. The van der Waals surface area contributed by atoms with Gasteiger partial charge in [-0.15, -0.1) is 0 Å². The number of aryl methyl sites for hydroxylation is 1. The molecule has 2 aromatic carbocycles. The first kappa shape index (κ1) is 18.8. The van der Waals surface area contributed by atoms with Crippen LogP contribution in [0.4, 0.5) is 17.1 Å². The molecule has 2 heterocycles. The minimum absolute atomic E-state index is 0. The lowest BCUT2D eigenvalue weighted by molar-refractivity contribution is -0.00000574. The smallest absolute Gasteiger partial charge is 0.0727 e. The third-order valence-corrected chi connectivity index (χ3v) is 4.66. The predicted octanol–water partition coefficient (Wildman–Crippen LogP) is 1.78. The molecule has 0 spiro atoms. The van der Waals surface area contributed by atoms with Crippen molar-refractivity contribution in [3.63, 3.8) is 0 Å². The summed E-state index contributed by atoms with van der Waals surface area (Å²) in [5, 5.41) is 5.24. The molecule has 3 aromatic rings. The molecule has 4 rings (SSSR count). The van der Waals surface area contributed by atoms with Crippen LogP contribution in [0.25, 0.3) is 10.9 Å². The number of benzene rings is 2. The standard InChI is InChI=1S/C20H20ClN3O.ClH/c1-14-12-20(18-13-15(21)2-7-19(18)22-14)23-16-3-5-17(6-4-16)24-8-10-25-11-9-24;/h2-7,12-13H,8-11H2,1H3,(H,22,23);1H/p-1. The second-order valence-corrected chi connectivity index (χ2v) is 6.68. The number of hydrogen-bond donors (Lipinski definition) is 1. The molecular formula is C20H20Cl2N3O-.